The van der Waals surface area contributed by atoms with Crippen LogP contribution in [0.25, 0.3) is 11.3 Å². The molecule has 0 radical (unpaired) electrons. The number of hydrogen-bond donors (Lipinski definition) is 2. The number of sulfone groups is 1. The second-order valence-corrected chi connectivity index (χ2v) is 10.2. The van der Waals surface area contributed by atoms with Gasteiger partial charge < -0.3 is 20.9 Å². The summed E-state index contributed by atoms with van der Waals surface area (Å²) in [6.45, 7) is 1.99. The van der Waals surface area contributed by atoms with Crippen LogP contribution in [0.5, 0.6) is 0 Å². The number of benzene rings is 1. The first kappa shape index (κ1) is 22.5. The molecule has 1 aromatic carbocycles. The lowest BCUT2D eigenvalue weighted by atomic mass is 9.95. The van der Waals surface area contributed by atoms with E-state index in [1.54, 1.807) is 18.2 Å². The number of nitrogen functional groups attached to an aromatic ring is 2. The van der Waals surface area contributed by atoms with Gasteiger partial charge in [-0.15, -0.1) is 0 Å². The number of aromatic nitrogens is 4. The normalized spacial score (nSPS) is 14.8. The van der Waals surface area contributed by atoms with Crippen molar-refractivity contribution in [2.75, 3.05) is 35.7 Å². The Balaban J connectivity index is 1.60. The number of aryl methyl sites for hydroxylation is 1. The molecule has 0 saturated carbocycles. The van der Waals surface area contributed by atoms with E-state index in [1.807, 2.05) is 16.8 Å². The molecule has 2 aromatic heterocycles. The van der Waals surface area contributed by atoms with Gasteiger partial charge in [-0.2, -0.15) is 5.26 Å². The van der Waals surface area contributed by atoms with E-state index in [-0.39, 0.29) is 16.6 Å². The predicted octanol–water partition coefficient (Wildman–Crippen LogP) is 2.21. The highest BCUT2D eigenvalue weighted by atomic mass is 32.2. The van der Waals surface area contributed by atoms with Crippen LogP contribution in [0.2, 0.25) is 0 Å². The maximum atomic E-state index is 12.0. The van der Waals surface area contributed by atoms with Gasteiger partial charge in [0.1, 0.15) is 17.8 Å². The van der Waals surface area contributed by atoms with Gasteiger partial charge >= 0.3 is 0 Å². The van der Waals surface area contributed by atoms with Crippen LogP contribution in [-0.2, 0) is 16.4 Å². The summed E-state index contributed by atoms with van der Waals surface area (Å²) in [5.74, 6) is 2.01. The Morgan fingerprint density at radius 3 is 2.67 bits per heavy atom. The van der Waals surface area contributed by atoms with E-state index in [0.29, 0.717) is 30.2 Å². The van der Waals surface area contributed by atoms with Crippen molar-refractivity contribution in [1.82, 2.24) is 19.5 Å². The number of nitrogens with zero attached hydrogens (tertiary/aromatic N) is 6. The zero-order chi connectivity index (χ0) is 23.6. The number of hydrogen-bond acceptors (Lipinski definition) is 9. The molecule has 10 nitrogen and oxygen atoms in total. The van der Waals surface area contributed by atoms with E-state index in [0.717, 1.165) is 37.3 Å². The van der Waals surface area contributed by atoms with Crippen molar-refractivity contribution in [2.45, 2.75) is 36.6 Å². The third-order valence-corrected chi connectivity index (χ3v) is 6.99. The third-order valence-electron chi connectivity index (χ3n) is 5.88. The number of nitriles is 1. The summed E-state index contributed by atoms with van der Waals surface area (Å²) in [6, 6.07) is 8.97. The molecule has 4 N–H and O–H groups in total. The number of piperidine rings is 1. The summed E-state index contributed by atoms with van der Waals surface area (Å²) >= 11 is 0. The largest absolute Gasteiger partial charge is 0.393 e. The Morgan fingerprint density at radius 2 is 1.97 bits per heavy atom. The highest BCUT2D eigenvalue weighted by molar-refractivity contribution is 7.90. The zero-order valence-electron chi connectivity index (χ0n) is 18.3. The first-order valence-electron chi connectivity index (χ1n) is 10.6. The third kappa shape index (κ3) is 4.75. The number of nitrogens with two attached hydrogens (primary N) is 2. The zero-order valence-corrected chi connectivity index (χ0v) is 19.2. The Morgan fingerprint density at radius 1 is 1.21 bits per heavy atom. The molecule has 172 valence electrons. The van der Waals surface area contributed by atoms with Crippen molar-refractivity contribution in [3.8, 4) is 17.3 Å². The van der Waals surface area contributed by atoms with Crippen molar-refractivity contribution in [3.05, 3.63) is 42.6 Å². The quantitative estimate of drug-likeness (QED) is 0.555. The van der Waals surface area contributed by atoms with Gasteiger partial charge in [0.2, 0.25) is 0 Å². The van der Waals surface area contributed by atoms with Gasteiger partial charge in [-0.1, -0.05) is 12.1 Å². The Bertz CT molecular complexity index is 1300. The van der Waals surface area contributed by atoms with Gasteiger partial charge in [0, 0.05) is 43.6 Å². The molecule has 0 aliphatic carbocycles. The summed E-state index contributed by atoms with van der Waals surface area (Å²) < 4.78 is 26.0. The maximum absolute atomic E-state index is 12.0. The van der Waals surface area contributed by atoms with Crippen LogP contribution >= 0.6 is 0 Å². The first-order valence-corrected chi connectivity index (χ1v) is 12.5. The Hall–Kier alpha value is -3.65. The minimum atomic E-state index is -3.32. The van der Waals surface area contributed by atoms with E-state index in [4.69, 9.17) is 21.7 Å². The molecule has 0 amide bonds. The first-order chi connectivity index (χ1) is 15.8. The van der Waals surface area contributed by atoms with Crippen LogP contribution in [0, 0.1) is 11.3 Å². The number of anilines is 3. The summed E-state index contributed by atoms with van der Waals surface area (Å²) in [6.07, 6.45) is 6.53. The van der Waals surface area contributed by atoms with E-state index >= 15 is 0 Å². The SMILES string of the molecule is CS(=O)(=O)c1cccc(-c2cn(CCC#N)c(C3CCN(c4ncnc(N)c4N)CC3)n2)c1. The minimum absolute atomic E-state index is 0.187. The van der Waals surface area contributed by atoms with Gasteiger partial charge in [0.15, 0.2) is 21.5 Å². The van der Waals surface area contributed by atoms with Gasteiger partial charge in [-0.3, -0.25) is 0 Å². The van der Waals surface area contributed by atoms with Crippen LogP contribution in [0.1, 0.15) is 31.0 Å². The molecule has 1 aliphatic heterocycles. The number of rotatable bonds is 6. The smallest absolute Gasteiger partial charge is 0.175 e. The topological polar surface area (TPSA) is 157 Å². The molecular formula is C22H26N8O2S. The second-order valence-electron chi connectivity index (χ2n) is 8.14. The molecular weight excluding hydrogens is 440 g/mol. The van der Waals surface area contributed by atoms with Gasteiger partial charge in [-0.25, -0.2) is 23.4 Å². The summed E-state index contributed by atoms with van der Waals surface area (Å²) in [5, 5.41) is 9.10. The molecule has 4 rings (SSSR count). The Kier molecular flexibility index (Phi) is 6.20. The van der Waals surface area contributed by atoms with Crippen LogP contribution < -0.4 is 16.4 Å². The lowest BCUT2D eigenvalue weighted by Crippen LogP contribution is -2.35. The van der Waals surface area contributed by atoms with E-state index < -0.39 is 9.84 Å². The average molecular weight is 467 g/mol. The lowest BCUT2D eigenvalue weighted by molar-refractivity contribution is 0.464. The summed E-state index contributed by atoms with van der Waals surface area (Å²) in [5.41, 5.74) is 13.7. The molecule has 0 bridgehead atoms. The summed E-state index contributed by atoms with van der Waals surface area (Å²) in [7, 11) is -3.32. The monoisotopic (exact) mass is 466 g/mol. The fourth-order valence-electron chi connectivity index (χ4n) is 4.13. The van der Waals surface area contributed by atoms with Gasteiger partial charge in [-0.05, 0) is 25.0 Å². The molecule has 11 heteroatoms. The molecule has 0 spiro atoms. The molecule has 3 heterocycles. The molecule has 1 fully saturated rings. The fraction of sp³-hybridized carbons (Fsp3) is 0.364. The predicted molar refractivity (Wildman–Crippen MR) is 126 cm³/mol. The highest BCUT2D eigenvalue weighted by Gasteiger charge is 2.27. The standard InChI is InChI=1S/C22H26N8O2S/c1-33(31,32)17-5-2-4-16(12-17)18-13-30(9-3-8-23)21(28-18)15-6-10-29(11-7-15)22-19(24)20(25)26-14-27-22/h2,4-5,12-15H,3,6-7,9-11,24H2,1H3,(H2,25,26,27). The lowest BCUT2D eigenvalue weighted by Gasteiger charge is -2.33. The average Bonchev–Trinajstić information content (AvgIpc) is 3.23. The Labute approximate surface area is 192 Å². The molecule has 33 heavy (non-hydrogen) atoms. The van der Waals surface area contributed by atoms with Crippen molar-refractivity contribution >= 4 is 27.2 Å². The highest BCUT2D eigenvalue weighted by Crippen LogP contribution is 2.34. The van der Waals surface area contributed by atoms with Crippen LogP contribution in [0.4, 0.5) is 17.3 Å². The second kappa shape index (κ2) is 9.07. The number of imidazole rings is 1. The van der Waals surface area contributed by atoms with Crippen molar-refractivity contribution in [1.29, 1.82) is 5.26 Å². The van der Waals surface area contributed by atoms with Crippen molar-refractivity contribution < 1.29 is 8.42 Å². The van der Waals surface area contributed by atoms with E-state index in [9.17, 15) is 8.42 Å². The van der Waals surface area contributed by atoms with Crippen molar-refractivity contribution in [3.63, 3.8) is 0 Å². The van der Waals surface area contributed by atoms with Crippen LogP contribution in [-0.4, -0.2) is 47.3 Å². The maximum Gasteiger partial charge on any atom is 0.175 e. The minimum Gasteiger partial charge on any atom is -0.393 e. The molecule has 0 unspecified atom stereocenters. The van der Waals surface area contributed by atoms with Crippen molar-refractivity contribution in [2.24, 2.45) is 0 Å². The van der Waals surface area contributed by atoms with Gasteiger partial charge in [0.05, 0.1) is 23.1 Å². The molecule has 1 saturated heterocycles. The van der Waals surface area contributed by atoms with Gasteiger partial charge in [0.25, 0.3) is 0 Å². The summed E-state index contributed by atoms with van der Waals surface area (Å²) in [4.78, 5) is 15.5. The molecule has 3 aromatic rings. The van der Waals surface area contributed by atoms with Crippen LogP contribution in [0.3, 0.4) is 0 Å². The molecule has 1 aliphatic rings. The van der Waals surface area contributed by atoms with Crippen LogP contribution in [0.15, 0.2) is 41.7 Å². The van der Waals surface area contributed by atoms with E-state index in [2.05, 4.69) is 20.9 Å². The molecule has 0 atom stereocenters. The fourth-order valence-corrected chi connectivity index (χ4v) is 4.80. The van der Waals surface area contributed by atoms with E-state index in [1.165, 1.54) is 12.6 Å².